The van der Waals surface area contributed by atoms with Crippen LogP contribution in [0.25, 0.3) is 0 Å². The maximum atomic E-state index is 5.69. The van der Waals surface area contributed by atoms with Gasteiger partial charge in [0.2, 0.25) is 0 Å². The highest BCUT2D eigenvalue weighted by Gasteiger charge is 2.27. The van der Waals surface area contributed by atoms with E-state index in [-0.39, 0.29) is 5.54 Å². The van der Waals surface area contributed by atoms with Crippen LogP contribution in [0.5, 0.6) is 0 Å². The van der Waals surface area contributed by atoms with Crippen molar-refractivity contribution in [3.8, 4) is 0 Å². The van der Waals surface area contributed by atoms with Crippen molar-refractivity contribution in [1.29, 1.82) is 0 Å². The fraction of sp³-hybridized carbons (Fsp3) is 0.400. The number of aliphatic imine (C=N–C) groups is 1. The van der Waals surface area contributed by atoms with E-state index in [0.717, 1.165) is 11.4 Å². The number of ether oxygens (including phenoxy) is 1. The maximum absolute atomic E-state index is 5.69. The van der Waals surface area contributed by atoms with Gasteiger partial charge in [-0.15, -0.1) is 0 Å². The monoisotopic (exact) mass is 244 g/mol. The quantitative estimate of drug-likeness (QED) is 0.794. The summed E-state index contributed by atoms with van der Waals surface area (Å²) in [6.07, 6.45) is 2.16. The van der Waals surface area contributed by atoms with Crippen LogP contribution in [0.3, 0.4) is 0 Å². The Morgan fingerprint density at radius 2 is 1.89 bits per heavy atom. The molecule has 0 aromatic heterocycles. The molecule has 1 heterocycles. The van der Waals surface area contributed by atoms with Gasteiger partial charge in [0.1, 0.15) is 0 Å². The van der Waals surface area contributed by atoms with Crippen LogP contribution in [0.15, 0.2) is 47.1 Å². The molecule has 3 nitrogen and oxygen atoms in total. The van der Waals surface area contributed by atoms with Crippen LogP contribution in [-0.4, -0.2) is 18.2 Å². The third-order valence-electron chi connectivity index (χ3n) is 2.78. The van der Waals surface area contributed by atoms with Gasteiger partial charge in [0, 0.05) is 5.70 Å². The van der Waals surface area contributed by atoms with Crippen molar-refractivity contribution < 1.29 is 4.74 Å². The highest BCUT2D eigenvalue weighted by molar-refractivity contribution is 5.96. The summed E-state index contributed by atoms with van der Waals surface area (Å²) in [5.41, 5.74) is 2.01. The molecule has 0 N–H and O–H groups in total. The summed E-state index contributed by atoms with van der Waals surface area (Å²) in [7, 11) is 0. The fourth-order valence-electron chi connectivity index (χ4n) is 2.17. The second-order valence-electron chi connectivity index (χ2n) is 4.94. The number of rotatable bonds is 2. The van der Waals surface area contributed by atoms with Crippen molar-refractivity contribution in [2.24, 2.45) is 4.99 Å². The normalized spacial score (nSPS) is 18.1. The summed E-state index contributed by atoms with van der Waals surface area (Å²) < 4.78 is 5.69. The molecule has 0 saturated heterocycles. The van der Waals surface area contributed by atoms with Crippen molar-refractivity contribution in [2.45, 2.75) is 33.2 Å². The van der Waals surface area contributed by atoms with Gasteiger partial charge >= 0.3 is 0 Å². The van der Waals surface area contributed by atoms with E-state index in [0.29, 0.717) is 12.6 Å². The van der Waals surface area contributed by atoms with E-state index in [9.17, 15) is 0 Å². The number of amidine groups is 1. The van der Waals surface area contributed by atoms with E-state index in [1.54, 1.807) is 0 Å². The van der Waals surface area contributed by atoms with Crippen molar-refractivity contribution in [3.05, 3.63) is 42.1 Å². The van der Waals surface area contributed by atoms with Crippen LogP contribution in [0.2, 0.25) is 0 Å². The average Bonchev–Trinajstić information content (AvgIpc) is 2.28. The van der Waals surface area contributed by atoms with Gasteiger partial charge in [-0.2, -0.15) is 0 Å². The van der Waals surface area contributed by atoms with E-state index < -0.39 is 0 Å². The molecule has 0 aliphatic carbocycles. The molecule has 1 aliphatic heterocycles. The first-order valence-electron chi connectivity index (χ1n) is 6.31. The maximum Gasteiger partial charge on any atom is 0.297 e. The van der Waals surface area contributed by atoms with Crippen LogP contribution >= 0.6 is 0 Å². The molecule has 0 radical (unpaired) electrons. The molecule has 0 spiro atoms. The Bertz CT molecular complexity index is 475. The van der Waals surface area contributed by atoms with Crippen LogP contribution in [-0.2, 0) is 4.74 Å². The van der Waals surface area contributed by atoms with Crippen molar-refractivity contribution in [2.75, 3.05) is 11.5 Å². The van der Waals surface area contributed by atoms with Gasteiger partial charge in [0.25, 0.3) is 6.02 Å². The van der Waals surface area contributed by atoms with Gasteiger partial charge in [-0.05, 0) is 45.9 Å². The Balaban J connectivity index is 2.42. The molecule has 96 valence electrons. The average molecular weight is 244 g/mol. The number of nitrogens with zero attached hydrogens (tertiary/aromatic N) is 2. The lowest BCUT2D eigenvalue weighted by atomic mass is 10.0. The number of hydrogen-bond donors (Lipinski definition) is 0. The van der Waals surface area contributed by atoms with Gasteiger partial charge in [0.05, 0.1) is 17.8 Å². The van der Waals surface area contributed by atoms with E-state index in [1.165, 1.54) is 0 Å². The van der Waals surface area contributed by atoms with Crippen molar-refractivity contribution in [3.63, 3.8) is 0 Å². The molecule has 1 aromatic rings. The summed E-state index contributed by atoms with van der Waals surface area (Å²) >= 11 is 0. The van der Waals surface area contributed by atoms with Crippen LogP contribution in [0, 0.1) is 0 Å². The van der Waals surface area contributed by atoms with E-state index in [2.05, 4.69) is 48.9 Å². The zero-order valence-corrected chi connectivity index (χ0v) is 11.5. The van der Waals surface area contributed by atoms with Crippen LogP contribution in [0.4, 0.5) is 5.69 Å². The molecule has 18 heavy (non-hydrogen) atoms. The Morgan fingerprint density at radius 1 is 1.22 bits per heavy atom. The summed E-state index contributed by atoms with van der Waals surface area (Å²) in [5.74, 6) is 0. The topological polar surface area (TPSA) is 24.8 Å². The summed E-state index contributed by atoms with van der Waals surface area (Å²) in [5, 5.41) is 0. The predicted octanol–water partition coefficient (Wildman–Crippen LogP) is 3.58. The third kappa shape index (κ3) is 2.55. The second kappa shape index (κ2) is 4.84. The minimum absolute atomic E-state index is 0.208. The number of benzene rings is 1. The zero-order valence-electron chi connectivity index (χ0n) is 11.5. The molecule has 0 amide bonds. The first kappa shape index (κ1) is 12.7. The fourth-order valence-corrected chi connectivity index (χ4v) is 2.17. The zero-order chi connectivity index (χ0) is 13.2. The molecule has 0 fully saturated rings. The van der Waals surface area contributed by atoms with Gasteiger partial charge in [-0.1, -0.05) is 18.2 Å². The molecule has 0 bridgehead atoms. The molecule has 1 aromatic carbocycles. The molecule has 2 rings (SSSR count). The number of hydrogen-bond acceptors (Lipinski definition) is 3. The van der Waals surface area contributed by atoms with Crippen molar-refractivity contribution >= 4 is 11.7 Å². The molecular weight excluding hydrogens is 224 g/mol. The van der Waals surface area contributed by atoms with E-state index >= 15 is 0 Å². The van der Waals surface area contributed by atoms with Gasteiger partial charge in [0.15, 0.2) is 0 Å². The lowest BCUT2D eigenvalue weighted by molar-refractivity contribution is 0.312. The highest BCUT2D eigenvalue weighted by atomic mass is 16.5. The Labute approximate surface area is 109 Å². The van der Waals surface area contributed by atoms with E-state index in [1.807, 2.05) is 25.1 Å². The van der Waals surface area contributed by atoms with Gasteiger partial charge in [-0.3, -0.25) is 4.90 Å². The van der Waals surface area contributed by atoms with E-state index in [4.69, 9.17) is 4.74 Å². The Hall–Kier alpha value is -1.77. The summed E-state index contributed by atoms with van der Waals surface area (Å²) in [4.78, 5) is 6.71. The van der Waals surface area contributed by atoms with Crippen LogP contribution < -0.4 is 4.90 Å². The lowest BCUT2D eigenvalue weighted by Crippen LogP contribution is -2.38. The SMILES string of the molecule is CCOC1=NC(C)(C)C=C(C)N1c1ccccc1. The smallest absolute Gasteiger partial charge is 0.297 e. The minimum Gasteiger partial charge on any atom is -0.465 e. The third-order valence-corrected chi connectivity index (χ3v) is 2.78. The Morgan fingerprint density at radius 3 is 2.50 bits per heavy atom. The largest absolute Gasteiger partial charge is 0.465 e. The number of para-hydroxylation sites is 1. The van der Waals surface area contributed by atoms with Crippen molar-refractivity contribution in [1.82, 2.24) is 0 Å². The molecule has 3 heteroatoms. The van der Waals surface area contributed by atoms with Crippen LogP contribution in [0.1, 0.15) is 27.7 Å². The summed E-state index contributed by atoms with van der Waals surface area (Å²) in [6.45, 7) is 8.84. The molecule has 0 unspecified atom stereocenters. The first-order chi connectivity index (χ1) is 8.53. The Kier molecular flexibility index (Phi) is 3.41. The predicted molar refractivity (Wildman–Crippen MR) is 75.8 cm³/mol. The summed E-state index contributed by atoms with van der Waals surface area (Å²) in [6, 6.07) is 10.8. The number of allylic oxidation sites excluding steroid dienone is 1. The first-order valence-corrected chi connectivity index (χ1v) is 6.31. The van der Waals surface area contributed by atoms with Gasteiger partial charge in [-0.25, -0.2) is 4.99 Å². The minimum atomic E-state index is -0.208. The standard InChI is InChI=1S/C15H20N2O/c1-5-18-14-16-15(3,4)11-12(2)17(14)13-9-7-6-8-10-13/h6-11H,5H2,1-4H3. The number of anilines is 1. The lowest BCUT2D eigenvalue weighted by Gasteiger charge is -2.33. The van der Waals surface area contributed by atoms with Gasteiger partial charge < -0.3 is 4.74 Å². The highest BCUT2D eigenvalue weighted by Crippen LogP contribution is 2.28. The molecule has 1 aliphatic rings. The molecular formula is C15H20N2O. The second-order valence-corrected chi connectivity index (χ2v) is 4.94. The molecule has 0 saturated carbocycles. The molecule has 0 atom stereocenters.